The van der Waals surface area contributed by atoms with Gasteiger partial charge in [0.2, 0.25) is 10.0 Å². The van der Waals surface area contributed by atoms with Gasteiger partial charge in [-0.05, 0) is 42.9 Å². The highest BCUT2D eigenvalue weighted by Crippen LogP contribution is 2.27. The van der Waals surface area contributed by atoms with Gasteiger partial charge in [-0.25, -0.2) is 13.1 Å². The third-order valence-electron chi connectivity index (χ3n) is 4.20. The van der Waals surface area contributed by atoms with Gasteiger partial charge in [0.1, 0.15) is 0 Å². The molecular formula is C15H24N2O2S. The van der Waals surface area contributed by atoms with Crippen molar-refractivity contribution in [2.75, 3.05) is 0 Å². The number of benzene rings is 1. The maximum Gasteiger partial charge on any atom is 0.240 e. The molecule has 5 heteroatoms. The summed E-state index contributed by atoms with van der Waals surface area (Å²) in [5.74, 6) is 0.408. The standard InChI is InChI=1S/C15H24N2O2S/c1-3-14(16)12-7-5-8-13(10-12)20(18,19)17-15-9-4-6-11(15)2/h5,7-8,10-11,14-15,17H,3-4,6,9,16H2,1-2H3. The van der Waals surface area contributed by atoms with Crippen molar-refractivity contribution in [3.63, 3.8) is 0 Å². The van der Waals surface area contributed by atoms with Crippen molar-refractivity contribution < 1.29 is 8.42 Å². The van der Waals surface area contributed by atoms with Crippen LogP contribution in [0.3, 0.4) is 0 Å². The zero-order valence-electron chi connectivity index (χ0n) is 12.2. The van der Waals surface area contributed by atoms with E-state index in [1.165, 1.54) is 0 Å². The molecule has 1 aliphatic rings. The van der Waals surface area contributed by atoms with Gasteiger partial charge in [-0.2, -0.15) is 0 Å². The SMILES string of the molecule is CCC(N)c1cccc(S(=O)(=O)NC2CCCC2C)c1. The van der Waals surface area contributed by atoms with Gasteiger partial charge in [0.05, 0.1) is 4.90 Å². The molecule has 3 N–H and O–H groups in total. The Morgan fingerprint density at radius 3 is 2.75 bits per heavy atom. The average molecular weight is 296 g/mol. The summed E-state index contributed by atoms with van der Waals surface area (Å²) in [5.41, 5.74) is 6.85. The lowest BCUT2D eigenvalue weighted by Gasteiger charge is -2.18. The number of nitrogens with two attached hydrogens (primary N) is 1. The number of hydrogen-bond acceptors (Lipinski definition) is 3. The molecule has 1 aromatic rings. The first kappa shape index (κ1) is 15.5. The summed E-state index contributed by atoms with van der Waals surface area (Å²) in [6.45, 7) is 4.09. The Balaban J connectivity index is 2.21. The number of nitrogens with one attached hydrogen (secondary N) is 1. The summed E-state index contributed by atoms with van der Waals surface area (Å²) in [5, 5.41) is 0. The van der Waals surface area contributed by atoms with Gasteiger partial charge in [0.25, 0.3) is 0 Å². The Labute approximate surface area is 121 Å². The summed E-state index contributed by atoms with van der Waals surface area (Å²) in [6, 6.07) is 6.91. The zero-order valence-corrected chi connectivity index (χ0v) is 13.0. The van der Waals surface area contributed by atoms with E-state index in [0.29, 0.717) is 10.8 Å². The van der Waals surface area contributed by atoms with Crippen molar-refractivity contribution in [3.05, 3.63) is 29.8 Å². The molecule has 1 aliphatic carbocycles. The summed E-state index contributed by atoms with van der Waals surface area (Å²) < 4.78 is 27.7. The molecule has 0 saturated heterocycles. The van der Waals surface area contributed by atoms with Crippen molar-refractivity contribution in [1.82, 2.24) is 4.72 Å². The first-order valence-electron chi connectivity index (χ1n) is 7.32. The molecule has 2 rings (SSSR count). The van der Waals surface area contributed by atoms with Gasteiger partial charge in [-0.3, -0.25) is 0 Å². The minimum absolute atomic E-state index is 0.0588. The fourth-order valence-corrected chi connectivity index (χ4v) is 4.17. The molecule has 1 fully saturated rings. The largest absolute Gasteiger partial charge is 0.324 e. The predicted molar refractivity (Wildman–Crippen MR) is 80.8 cm³/mol. The summed E-state index contributed by atoms with van der Waals surface area (Å²) in [6.07, 6.45) is 3.90. The van der Waals surface area contributed by atoms with E-state index in [-0.39, 0.29) is 12.1 Å². The van der Waals surface area contributed by atoms with Gasteiger partial charge in [-0.15, -0.1) is 0 Å². The summed E-state index contributed by atoms with van der Waals surface area (Å²) in [4.78, 5) is 0.318. The Bertz CT molecular complexity index is 557. The molecule has 3 atom stereocenters. The van der Waals surface area contributed by atoms with E-state index < -0.39 is 10.0 Å². The Hall–Kier alpha value is -0.910. The molecule has 1 saturated carbocycles. The van der Waals surface area contributed by atoms with Crippen LogP contribution < -0.4 is 10.5 Å². The minimum Gasteiger partial charge on any atom is -0.324 e. The van der Waals surface area contributed by atoms with Gasteiger partial charge in [0, 0.05) is 12.1 Å². The van der Waals surface area contributed by atoms with Crippen LogP contribution in [0, 0.1) is 5.92 Å². The molecule has 0 aliphatic heterocycles. The lowest BCUT2D eigenvalue weighted by atomic mass is 10.1. The molecule has 0 spiro atoms. The number of sulfonamides is 1. The monoisotopic (exact) mass is 296 g/mol. The quantitative estimate of drug-likeness (QED) is 0.877. The van der Waals surface area contributed by atoms with Crippen LogP contribution in [0.15, 0.2) is 29.2 Å². The van der Waals surface area contributed by atoms with Crippen LogP contribution in [0.1, 0.15) is 51.1 Å². The predicted octanol–water partition coefficient (Wildman–Crippen LogP) is 2.56. The van der Waals surface area contributed by atoms with E-state index in [1.807, 2.05) is 13.0 Å². The van der Waals surface area contributed by atoms with Crippen LogP contribution in [-0.2, 0) is 10.0 Å². The maximum atomic E-state index is 12.4. The fraction of sp³-hybridized carbons (Fsp3) is 0.600. The van der Waals surface area contributed by atoms with E-state index >= 15 is 0 Å². The Morgan fingerprint density at radius 1 is 1.40 bits per heavy atom. The second kappa shape index (κ2) is 6.24. The Morgan fingerprint density at radius 2 is 2.15 bits per heavy atom. The normalized spacial score (nSPS) is 24.8. The molecule has 0 amide bonds. The molecule has 112 valence electrons. The van der Waals surface area contributed by atoms with E-state index in [0.717, 1.165) is 31.2 Å². The van der Waals surface area contributed by atoms with Crippen molar-refractivity contribution in [1.29, 1.82) is 0 Å². The van der Waals surface area contributed by atoms with Gasteiger partial charge in [-0.1, -0.05) is 32.4 Å². The van der Waals surface area contributed by atoms with Crippen molar-refractivity contribution in [3.8, 4) is 0 Å². The van der Waals surface area contributed by atoms with Crippen molar-refractivity contribution >= 4 is 10.0 Å². The highest BCUT2D eigenvalue weighted by atomic mass is 32.2. The highest BCUT2D eigenvalue weighted by Gasteiger charge is 2.28. The lowest BCUT2D eigenvalue weighted by Crippen LogP contribution is -2.36. The van der Waals surface area contributed by atoms with Crippen molar-refractivity contribution in [2.24, 2.45) is 11.7 Å². The van der Waals surface area contributed by atoms with Crippen LogP contribution in [0.4, 0.5) is 0 Å². The first-order chi connectivity index (χ1) is 9.44. The van der Waals surface area contributed by atoms with Crippen LogP contribution in [0.25, 0.3) is 0 Å². The van der Waals surface area contributed by atoms with E-state index in [2.05, 4.69) is 11.6 Å². The molecule has 20 heavy (non-hydrogen) atoms. The average Bonchev–Trinajstić information content (AvgIpc) is 2.83. The molecular weight excluding hydrogens is 272 g/mol. The van der Waals surface area contributed by atoms with Crippen LogP contribution in [-0.4, -0.2) is 14.5 Å². The van der Waals surface area contributed by atoms with Gasteiger partial charge in [0.15, 0.2) is 0 Å². The third-order valence-corrected chi connectivity index (χ3v) is 5.69. The lowest BCUT2D eigenvalue weighted by molar-refractivity contribution is 0.476. The topological polar surface area (TPSA) is 72.2 Å². The highest BCUT2D eigenvalue weighted by molar-refractivity contribution is 7.89. The van der Waals surface area contributed by atoms with E-state index in [9.17, 15) is 8.42 Å². The zero-order chi connectivity index (χ0) is 14.8. The van der Waals surface area contributed by atoms with Crippen LogP contribution >= 0.6 is 0 Å². The van der Waals surface area contributed by atoms with Crippen molar-refractivity contribution in [2.45, 2.75) is 56.5 Å². The number of rotatable bonds is 5. The summed E-state index contributed by atoms with van der Waals surface area (Å²) >= 11 is 0. The second-order valence-corrected chi connectivity index (χ2v) is 7.44. The second-order valence-electron chi connectivity index (χ2n) is 5.72. The van der Waals surface area contributed by atoms with Crippen LogP contribution in [0.5, 0.6) is 0 Å². The van der Waals surface area contributed by atoms with E-state index in [4.69, 9.17) is 5.73 Å². The third kappa shape index (κ3) is 3.40. The van der Waals surface area contributed by atoms with Gasteiger partial charge < -0.3 is 5.73 Å². The number of hydrogen-bond donors (Lipinski definition) is 2. The maximum absolute atomic E-state index is 12.4. The molecule has 0 bridgehead atoms. The molecule has 0 radical (unpaired) electrons. The molecule has 4 nitrogen and oxygen atoms in total. The Kier molecular flexibility index (Phi) is 4.83. The first-order valence-corrected chi connectivity index (χ1v) is 8.80. The molecule has 0 aromatic heterocycles. The minimum atomic E-state index is -3.45. The molecule has 3 unspecified atom stereocenters. The fourth-order valence-electron chi connectivity index (χ4n) is 2.74. The molecule has 1 aromatic carbocycles. The van der Waals surface area contributed by atoms with Crippen LogP contribution in [0.2, 0.25) is 0 Å². The van der Waals surface area contributed by atoms with E-state index in [1.54, 1.807) is 18.2 Å². The summed E-state index contributed by atoms with van der Waals surface area (Å²) in [7, 11) is -3.45. The molecule has 0 heterocycles. The van der Waals surface area contributed by atoms with Gasteiger partial charge >= 0.3 is 0 Å². The smallest absolute Gasteiger partial charge is 0.240 e.